The fourth-order valence-corrected chi connectivity index (χ4v) is 4.52. The van der Waals surface area contributed by atoms with Crippen LogP contribution in [0, 0.1) is 0 Å². The van der Waals surface area contributed by atoms with E-state index in [1.807, 2.05) is 37.3 Å². The average Bonchev–Trinajstić information content (AvgIpc) is 2.80. The molecule has 0 unspecified atom stereocenters. The van der Waals surface area contributed by atoms with E-state index in [4.69, 9.17) is 0 Å². The fourth-order valence-electron chi connectivity index (χ4n) is 3.68. The molecule has 0 spiro atoms. The summed E-state index contributed by atoms with van der Waals surface area (Å²) in [6.07, 6.45) is 1.91. The minimum absolute atomic E-state index is 0.214. The number of ketones is 1. The van der Waals surface area contributed by atoms with Gasteiger partial charge >= 0.3 is 0 Å². The molecule has 184 valence electrons. The van der Waals surface area contributed by atoms with Crippen molar-refractivity contribution in [2.45, 2.75) is 39.7 Å². The van der Waals surface area contributed by atoms with E-state index in [1.54, 1.807) is 19.1 Å². The van der Waals surface area contributed by atoms with E-state index >= 15 is 0 Å². The SMILES string of the molecule is CCNC(=O)[C@@H](CC)N(CCc1ccccc1)C(=O)CN(c1cccc(C(C)=O)c1)S(C)(=O)=O. The summed E-state index contributed by atoms with van der Waals surface area (Å²) in [5.74, 6) is -0.989. The molecule has 2 amide bonds. The van der Waals surface area contributed by atoms with Crippen molar-refractivity contribution >= 4 is 33.3 Å². The molecular formula is C25H33N3O5S. The van der Waals surface area contributed by atoms with Crippen LogP contribution in [0.25, 0.3) is 0 Å². The van der Waals surface area contributed by atoms with E-state index in [9.17, 15) is 22.8 Å². The van der Waals surface area contributed by atoms with Crippen LogP contribution in [-0.4, -0.2) is 62.8 Å². The number of benzene rings is 2. The second-order valence-corrected chi connectivity index (χ2v) is 9.92. The number of sulfonamides is 1. The summed E-state index contributed by atoms with van der Waals surface area (Å²) in [6.45, 7) is 5.19. The number of Topliss-reactive ketones (excluding diaryl/α,β-unsaturated/α-hetero) is 1. The van der Waals surface area contributed by atoms with Crippen molar-refractivity contribution < 1.29 is 22.8 Å². The molecule has 1 atom stereocenters. The maximum Gasteiger partial charge on any atom is 0.244 e. The fraction of sp³-hybridized carbons (Fsp3) is 0.400. The first-order valence-corrected chi connectivity index (χ1v) is 13.1. The van der Waals surface area contributed by atoms with Gasteiger partial charge in [-0.3, -0.25) is 18.7 Å². The van der Waals surface area contributed by atoms with E-state index in [0.29, 0.717) is 24.9 Å². The average molecular weight is 488 g/mol. The van der Waals surface area contributed by atoms with Crippen LogP contribution in [0.1, 0.15) is 43.1 Å². The lowest BCUT2D eigenvalue weighted by Gasteiger charge is -2.32. The first kappa shape index (κ1) is 27.0. The highest BCUT2D eigenvalue weighted by Crippen LogP contribution is 2.21. The molecule has 2 aromatic carbocycles. The molecule has 0 fully saturated rings. The Labute approximate surface area is 202 Å². The van der Waals surface area contributed by atoms with Crippen LogP contribution >= 0.6 is 0 Å². The molecule has 0 saturated heterocycles. The number of nitrogens with zero attached hydrogens (tertiary/aromatic N) is 2. The van der Waals surface area contributed by atoms with Gasteiger partial charge in [-0.05, 0) is 44.4 Å². The number of likely N-dealkylation sites (N-methyl/N-ethyl adjacent to an activating group) is 1. The Hall–Kier alpha value is -3.20. The van der Waals surface area contributed by atoms with Gasteiger partial charge in [-0.1, -0.05) is 49.4 Å². The van der Waals surface area contributed by atoms with Crippen LogP contribution in [0.2, 0.25) is 0 Å². The Balaban J connectivity index is 2.38. The summed E-state index contributed by atoms with van der Waals surface area (Å²) >= 11 is 0. The number of carbonyl (C=O) groups is 3. The maximum absolute atomic E-state index is 13.5. The second-order valence-electron chi connectivity index (χ2n) is 8.02. The lowest BCUT2D eigenvalue weighted by molar-refractivity contribution is -0.139. The van der Waals surface area contributed by atoms with Gasteiger partial charge < -0.3 is 10.2 Å². The van der Waals surface area contributed by atoms with Crippen molar-refractivity contribution in [3.05, 3.63) is 65.7 Å². The third kappa shape index (κ3) is 7.41. The minimum Gasteiger partial charge on any atom is -0.355 e. The van der Waals surface area contributed by atoms with Crippen molar-refractivity contribution in [3.63, 3.8) is 0 Å². The topological polar surface area (TPSA) is 104 Å². The number of hydrogen-bond acceptors (Lipinski definition) is 5. The molecule has 8 nitrogen and oxygen atoms in total. The first-order valence-electron chi connectivity index (χ1n) is 11.3. The molecule has 9 heteroatoms. The van der Waals surface area contributed by atoms with E-state index in [0.717, 1.165) is 16.1 Å². The van der Waals surface area contributed by atoms with Gasteiger partial charge in [0.15, 0.2) is 5.78 Å². The van der Waals surface area contributed by atoms with Gasteiger partial charge in [-0.25, -0.2) is 8.42 Å². The molecule has 0 aromatic heterocycles. The zero-order chi connectivity index (χ0) is 25.3. The van der Waals surface area contributed by atoms with Crippen LogP contribution in [-0.2, 0) is 26.0 Å². The molecule has 1 N–H and O–H groups in total. The smallest absolute Gasteiger partial charge is 0.244 e. The van der Waals surface area contributed by atoms with Crippen LogP contribution in [0.15, 0.2) is 54.6 Å². The molecule has 2 aromatic rings. The van der Waals surface area contributed by atoms with Gasteiger partial charge in [0.25, 0.3) is 0 Å². The van der Waals surface area contributed by atoms with Gasteiger partial charge in [0.2, 0.25) is 21.8 Å². The molecule has 0 aliphatic heterocycles. The Morgan fingerprint density at radius 3 is 2.24 bits per heavy atom. The van der Waals surface area contributed by atoms with Crippen molar-refractivity contribution in [2.24, 2.45) is 0 Å². The van der Waals surface area contributed by atoms with Crippen LogP contribution in [0.4, 0.5) is 5.69 Å². The summed E-state index contributed by atoms with van der Waals surface area (Å²) in [4.78, 5) is 39.5. The predicted octanol–water partition coefficient (Wildman–Crippen LogP) is 2.64. The van der Waals surface area contributed by atoms with E-state index in [1.165, 1.54) is 24.0 Å². The highest BCUT2D eigenvalue weighted by atomic mass is 32.2. The van der Waals surface area contributed by atoms with Crippen molar-refractivity contribution in [3.8, 4) is 0 Å². The molecule has 0 radical (unpaired) electrons. The van der Waals surface area contributed by atoms with E-state index in [-0.39, 0.29) is 23.9 Å². The standard InChI is InChI=1S/C25H33N3O5S/c1-5-23(25(31)26-6-2)27(16-15-20-11-8-7-9-12-20)24(30)18-28(34(4,32)33)22-14-10-13-21(17-22)19(3)29/h7-14,17,23H,5-6,15-16,18H2,1-4H3,(H,26,31)/t23-/m1/s1. The zero-order valence-electron chi connectivity index (χ0n) is 20.2. The highest BCUT2D eigenvalue weighted by Gasteiger charge is 2.31. The largest absolute Gasteiger partial charge is 0.355 e. The summed E-state index contributed by atoms with van der Waals surface area (Å²) in [5, 5.41) is 2.76. The summed E-state index contributed by atoms with van der Waals surface area (Å²) in [5.41, 5.74) is 1.56. The Morgan fingerprint density at radius 2 is 1.68 bits per heavy atom. The van der Waals surface area contributed by atoms with Gasteiger partial charge in [0.1, 0.15) is 12.6 Å². The van der Waals surface area contributed by atoms with E-state index < -0.39 is 28.5 Å². The number of nitrogens with one attached hydrogen (secondary N) is 1. The first-order chi connectivity index (χ1) is 16.1. The molecule has 0 saturated carbocycles. The number of anilines is 1. The molecular weight excluding hydrogens is 454 g/mol. The maximum atomic E-state index is 13.5. The van der Waals surface area contributed by atoms with Crippen LogP contribution < -0.4 is 9.62 Å². The molecule has 0 aliphatic rings. The van der Waals surface area contributed by atoms with Crippen molar-refractivity contribution in [1.82, 2.24) is 10.2 Å². The highest BCUT2D eigenvalue weighted by molar-refractivity contribution is 7.92. The second kappa shape index (κ2) is 12.3. The molecule has 0 aliphatic carbocycles. The van der Waals surface area contributed by atoms with Crippen LogP contribution in [0.5, 0.6) is 0 Å². The van der Waals surface area contributed by atoms with Gasteiger partial charge in [0.05, 0.1) is 11.9 Å². The quantitative estimate of drug-likeness (QED) is 0.464. The molecule has 0 bridgehead atoms. The molecule has 2 rings (SSSR count). The predicted molar refractivity (Wildman–Crippen MR) is 133 cm³/mol. The van der Waals surface area contributed by atoms with Crippen molar-refractivity contribution in [2.75, 3.05) is 30.2 Å². The van der Waals surface area contributed by atoms with Gasteiger partial charge in [0, 0.05) is 18.7 Å². The normalized spacial score (nSPS) is 12.0. The van der Waals surface area contributed by atoms with E-state index in [2.05, 4.69) is 5.32 Å². The Morgan fingerprint density at radius 1 is 1.00 bits per heavy atom. The summed E-state index contributed by atoms with van der Waals surface area (Å²) in [6, 6.07) is 15.0. The molecule has 34 heavy (non-hydrogen) atoms. The van der Waals surface area contributed by atoms with Crippen molar-refractivity contribution in [1.29, 1.82) is 0 Å². The lowest BCUT2D eigenvalue weighted by atomic mass is 10.1. The third-order valence-corrected chi connectivity index (χ3v) is 6.58. The van der Waals surface area contributed by atoms with Gasteiger partial charge in [-0.2, -0.15) is 0 Å². The minimum atomic E-state index is -3.85. The van der Waals surface area contributed by atoms with Gasteiger partial charge in [-0.15, -0.1) is 0 Å². The van der Waals surface area contributed by atoms with Crippen LogP contribution in [0.3, 0.4) is 0 Å². The summed E-state index contributed by atoms with van der Waals surface area (Å²) in [7, 11) is -3.85. The number of carbonyl (C=O) groups excluding carboxylic acids is 3. The Kier molecular flexibility index (Phi) is 9.80. The summed E-state index contributed by atoms with van der Waals surface area (Å²) < 4.78 is 26.2. The third-order valence-electron chi connectivity index (χ3n) is 5.44. The molecule has 0 heterocycles. The number of hydrogen-bond donors (Lipinski definition) is 1. The monoisotopic (exact) mass is 487 g/mol. The number of rotatable bonds is 12. The zero-order valence-corrected chi connectivity index (χ0v) is 21.0. The number of amides is 2. The Bertz CT molecular complexity index is 1100. The lowest BCUT2D eigenvalue weighted by Crippen LogP contribution is -2.53.